The third kappa shape index (κ3) is 3.90. The highest BCUT2D eigenvalue weighted by molar-refractivity contribution is 7.89. The molecule has 0 unspecified atom stereocenters. The van der Waals surface area contributed by atoms with E-state index >= 15 is 0 Å². The van der Waals surface area contributed by atoms with Gasteiger partial charge in [0.25, 0.3) is 15.9 Å². The molecule has 0 bridgehead atoms. The SMILES string of the molecule is CCOc1cccc(C(=O)[N]S(C)(=O)=O)c1. The number of nitrogens with zero attached hydrogens (tertiary/aromatic N) is 1. The van der Waals surface area contributed by atoms with Crippen molar-refractivity contribution in [3.63, 3.8) is 0 Å². The Morgan fingerprint density at radius 3 is 2.69 bits per heavy atom. The number of sulfonamides is 1. The van der Waals surface area contributed by atoms with Crippen molar-refractivity contribution < 1.29 is 17.9 Å². The van der Waals surface area contributed by atoms with Gasteiger partial charge in [0.2, 0.25) is 0 Å². The van der Waals surface area contributed by atoms with Crippen molar-refractivity contribution in [1.29, 1.82) is 0 Å². The lowest BCUT2D eigenvalue weighted by molar-refractivity contribution is 0.0978. The molecule has 1 aromatic rings. The van der Waals surface area contributed by atoms with E-state index in [9.17, 15) is 13.2 Å². The lowest BCUT2D eigenvalue weighted by atomic mass is 10.2. The molecule has 0 saturated carbocycles. The van der Waals surface area contributed by atoms with E-state index < -0.39 is 15.9 Å². The molecule has 0 heterocycles. The van der Waals surface area contributed by atoms with Crippen molar-refractivity contribution in [3.05, 3.63) is 29.8 Å². The average Bonchev–Trinajstić information content (AvgIpc) is 2.16. The van der Waals surface area contributed by atoms with Gasteiger partial charge in [0, 0.05) is 5.56 Å². The Labute approximate surface area is 94.5 Å². The van der Waals surface area contributed by atoms with Crippen LogP contribution >= 0.6 is 0 Å². The Morgan fingerprint density at radius 1 is 1.44 bits per heavy atom. The highest BCUT2D eigenvalue weighted by Crippen LogP contribution is 2.13. The second kappa shape index (κ2) is 4.98. The van der Waals surface area contributed by atoms with Crippen LogP contribution in [0.2, 0.25) is 0 Å². The Morgan fingerprint density at radius 2 is 2.12 bits per heavy atom. The summed E-state index contributed by atoms with van der Waals surface area (Å²) in [5, 5.41) is 0. The van der Waals surface area contributed by atoms with Gasteiger partial charge >= 0.3 is 0 Å². The number of rotatable bonds is 4. The summed E-state index contributed by atoms with van der Waals surface area (Å²) in [6.45, 7) is 2.29. The van der Waals surface area contributed by atoms with Crippen LogP contribution < -0.4 is 9.46 Å². The van der Waals surface area contributed by atoms with E-state index in [0.717, 1.165) is 6.26 Å². The fourth-order valence-electron chi connectivity index (χ4n) is 1.09. The van der Waals surface area contributed by atoms with Crippen LogP contribution in [-0.2, 0) is 10.0 Å². The Hall–Kier alpha value is -1.56. The summed E-state index contributed by atoms with van der Waals surface area (Å²) < 4.78 is 29.9. The van der Waals surface area contributed by atoms with E-state index in [1.165, 1.54) is 12.1 Å². The van der Waals surface area contributed by atoms with Crippen molar-refractivity contribution >= 4 is 15.9 Å². The zero-order valence-electron chi connectivity index (χ0n) is 9.00. The maximum atomic E-state index is 11.4. The topological polar surface area (TPSA) is 74.5 Å². The molecule has 1 rings (SSSR count). The van der Waals surface area contributed by atoms with Crippen LogP contribution in [-0.4, -0.2) is 27.2 Å². The Kier molecular flexibility index (Phi) is 3.89. The molecule has 0 aliphatic heterocycles. The van der Waals surface area contributed by atoms with Crippen LogP contribution in [0.3, 0.4) is 0 Å². The van der Waals surface area contributed by atoms with Crippen LogP contribution in [0.1, 0.15) is 17.3 Å². The first kappa shape index (κ1) is 12.5. The smallest absolute Gasteiger partial charge is 0.287 e. The second-order valence-electron chi connectivity index (χ2n) is 3.09. The van der Waals surface area contributed by atoms with Gasteiger partial charge in [0.1, 0.15) is 5.75 Å². The predicted octanol–water partition coefficient (Wildman–Crippen LogP) is 0.789. The van der Waals surface area contributed by atoms with E-state index in [4.69, 9.17) is 4.74 Å². The summed E-state index contributed by atoms with van der Waals surface area (Å²) in [5.41, 5.74) is 0.191. The first-order chi connectivity index (χ1) is 7.42. The van der Waals surface area contributed by atoms with E-state index in [-0.39, 0.29) is 5.56 Å². The van der Waals surface area contributed by atoms with Crippen molar-refractivity contribution in [2.24, 2.45) is 0 Å². The zero-order valence-corrected chi connectivity index (χ0v) is 9.82. The lowest BCUT2D eigenvalue weighted by Gasteiger charge is -2.04. The van der Waals surface area contributed by atoms with Gasteiger partial charge in [-0.1, -0.05) is 6.07 Å². The quantitative estimate of drug-likeness (QED) is 0.782. The largest absolute Gasteiger partial charge is 0.494 e. The number of hydrogen-bond acceptors (Lipinski definition) is 4. The second-order valence-corrected chi connectivity index (χ2v) is 4.74. The molecule has 87 valence electrons. The molecule has 0 spiro atoms. The normalized spacial score (nSPS) is 10.9. The van der Waals surface area contributed by atoms with Gasteiger partial charge in [-0.3, -0.25) is 4.79 Å². The number of hydrogen-bond donors (Lipinski definition) is 0. The summed E-state index contributed by atoms with van der Waals surface area (Å²) in [5.74, 6) is -0.277. The minimum absolute atomic E-state index is 0.191. The van der Waals surface area contributed by atoms with Gasteiger partial charge in [-0.15, -0.1) is 4.72 Å². The van der Waals surface area contributed by atoms with Gasteiger partial charge in [-0.2, -0.15) is 0 Å². The summed E-state index contributed by atoms with van der Waals surface area (Å²) in [7, 11) is -3.66. The molecule has 0 atom stereocenters. The molecule has 0 N–H and O–H groups in total. The molecule has 1 radical (unpaired) electrons. The van der Waals surface area contributed by atoms with Crippen LogP contribution in [0.4, 0.5) is 0 Å². The molecular formula is C10H12NO4S. The summed E-state index contributed by atoms with van der Waals surface area (Å²) in [6.07, 6.45) is 0.872. The van der Waals surface area contributed by atoms with E-state index in [1.54, 1.807) is 12.1 Å². The van der Waals surface area contributed by atoms with Gasteiger partial charge in [-0.25, -0.2) is 8.42 Å². The number of amides is 1. The van der Waals surface area contributed by atoms with Crippen LogP contribution in [0.15, 0.2) is 24.3 Å². The predicted molar refractivity (Wildman–Crippen MR) is 58.9 cm³/mol. The molecule has 1 aromatic carbocycles. The molecule has 0 saturated heterocycles. The number of carbonyl (C=O) groups excluding carboxylic acids is 1. The van der Waals surface area contributed by atoms with Crippen molar-refractivity contribution in [1.82, 2.24) is 4.72 Å². The maximum absolute atomic E-state index is 11.4. The van der Waals surface area contributed by atoms with Crippen molar-refractivity contribution in [2.75, 3.05) is 12.9 Å². The number of carbonyl (C=O) groups is 1. The first-order valence-electron chi connectivity index (χ1n) is 4.62. The van der Waals surface area contributed by atoms with Gasteiger partial charge in [0.05, 0.1) is 12.9 Å². The number of ether oxygens (including phenoxy) is 1. The molecule has 1 amide bonds. The summed E-state index contributed by atoms with van der Waals surface area (Å²) >= 11 is 0. The highest BCUT2D eigenvalue weighted by Gasteiger charge is 2.14. The molecule has 5 nitrogen and oxygen atoms in total. The summed E-state index contributed by atoms with van der Waals surface area (Å²) in [4.78, 5) is 11.4. The summed E-state index contributed by atoms with van der Waals surface area (Å²) in [6, 6.07) is 6.23. The Balaban J connectivity index is 2.87. The minimum atomic E-state index is -3.66. The molecular weight excluding hydrogens is 230 g/mol. The third-order valence-corrected chi connectivity index (χ3v) is 2.14. The molecule has 0 fully saturated rings. The van der Waals surface area contributed by atoms with Crippen molar-refractivity contribution in [2.45, 2.75) is 6.92 Å². The van der Waals surface area contributed by atoms with Crippen LogP contribution in [0.5, 0.6) is 5.75 Å². The molecule has 6 heteroatoms. The van der Waals surface area contributed by atoms with E-state index in [1.807, 2.05) is 6.92 Å². The Bertz CT molecular complexity index is 481. The molecule has 0 aliphatic carbocycles. The van der Waals surface area contributed by atoms with Crippen molar-refractivity contribution in [3.8, 4) is 5.75 Å². The maximum Gasteiger partial charge on any atom is 0.287 e. The standard InChI is InChI=1S/C10H12NO4S/c1-3-15-9-6-4-5-8(7-9)10(12)11-16(2,13)14/h4-7H,3H2,1-2H3. The van der Waals surface area contributed by atoms with Gasteiger partial charge < -0.3 is 4.74 Å². The van der Waals surface area contributed by atoms with Gasteiger partial charge in [0.15, 0.2) is 0 Å². The number of benzene rings is 1. The highest BCUT2D eigenvalue weighted by atomic mass is 32.2. The monoisotopic (exact) mass is 242 g/mol. The fraction of sp³-hybridized carbons (Fsp3) is 0.300. The van der Waals surface area contributed by atoms with Crippen LogP contribution in [0, 0.1) is 0 Å². The van der Waals surface area contributed by atoms with Gasteiger partial charge in [-0.05, 0) is 25.1 Å². The molecule has 0 aliphatic rings. The van der Waals surface area contributed by atoms with E-state index in [2.05, 4.69) is 4.72 Å². The van der Waals surface area contributed by atoms with Crippen LogP contribution in [0.25, 0.3) is 0 Å². The fourth-order valence-corrected chi connectivity index (χ4v) is 1.50. The zero-order chi connectivity index (χ0) is 12.2. The third-order valence-electron chi connectivity index (χ3n) is 1.64. The van der Waals surface area contributed by atoms with E-state index in [0.29, 0.717) is 12.4 Å². The molecule has 0 aromatic heterocycles. The molecule has 16 heavy (non-hydrogen) atoms. The lowest BCUT2D eigenvalue weighted by Crippen LogP contribution is -2.21. The first-order valence-corrected chi connectivity index (χ1v) is 6.47. The minimum Gasteiger partial charge on any atom is -0.494 e. The average molecular weight is 242 g/mol.